The molecule has 1 aromatic carbocycles. The average molecular weight is 250 g/mol. The minimum atomic E-state index is 0.909. The van der Waals surface area contributed by atoms with Gasteiger partial charge < -0.3 is 10.1 Å². The third kappa shape index (κ3) is 4.06. The maximum atomic E-state index is 8.67. The van der Waals surface area contributed by atoms with Crippen LogP contribution in [0.3, 0.4) is 0 Å². The normalized spacial score (nSPS) is 17.1. The van der Waals surface area contributed by atoms with Crippen LogP contribution < -0.4 is 0 Å². The van der Waals surface area contributed by atoms with E-state index in [0.29, 0.717) is 0 Å². The molecule has 1 N–H and O–H groups in total. The molecule has 0 spiro atoms. The largest absolute Gasteiger partial charge is 0.411 e. The van der Waals surface area contributed by atoms with Crippen molar-refractivity contribution in [3.05, 3.63) is 30.3 Å². The number of rotatable bonds is 4. The standard InChI is InChI=1S/C13H18N2OS/c16-14-12-6-8-15(9-7-12)10-11-17-13-4-2-1-3-5-13/h1-5,16H,6-11H2. The first-order chi connectivity index (χ1) is 8.38. The first-order valence-electron chi connectivity index (χ1n) is 5.98. The zero-order valence-corrected chi connectivity index (χ0v) is 10.7. The molecule has 0 bridgehead atoms. The topological polar surface area (TPSA) is 35.8 Å². The highest BCUT2D eigenvalue weighted by molar-refractivity contribution is 7.99. The third-order valence-electron chi connectivity index (χ3n) is 2.99. The summed E-state index contributed by atoms with van der Waals surface area (Å²) in [5.74, 6) is 1.12. The van der Waals surface area contributed by atoms with E-state index >= 15 is 0 Å². The van der Waals surface area contributed by atoms with Crippen LogP contribution >= 0.6 is 11.8 Å². The number of thioether (sulfide) groups is 1. The monoisotopic (exact) mass is 250 g/mol. The van der Waals surface area contributed by atoms with Crippen molar-refractivity contribution in [2.75, 3.05) is 25.4 Å². The smallest absolute Gasteiger partial charge is 0.0596 e. The van der Waals surface area contributed by atoms with Crippen LogP contribution in [0, 0.1) is 0 Å². The Morgan fingerprint density at radius 1 is 1.18 bits per heavy atom. The number of benzene rings is 1. The molecule has 1 aromatic rings. The number of likely N-dealkylation sites (tertiary alicyclic amines) is 1. The molecule has 1 fully saturated rings. The Bertz CT molecular complexity index is 357. The van der Waals surface area contributed by atoms with E-state index in [1.165, 1.54) is 4.90 Å². The van der Waals surface area contributed by atoms with E-state index in [1.54, 1.807) is 0 Å². The minimum Gasteiger partial charge on any atom is -0.411 e. The molecule has 0 atom stereocenters. The number of nitrogens with zero attached hydrogens (tertiary/aromatic N) is 2. The molecule has 1 aliphatic rings. The maximum Gasteiger partial charge on any atom is 0.0596 e. The van der Waals surface area contributed by atoms with E-state index < -0.39 is 0 Å². The molecule has 0 unspecified atom stereocenters. The van der Waals surface area contributed by atoms with Gasteiger partial charge in [-0.25, -0.2) is 0 Å². The Morgan fingerprint density at radius 3 is 2.53 bits per heavy atom. The number of hydrogen-bond donors (Lipinski definition) is 1. The van der Waals surface area contributed by atoms with Gasteiger partial charge in [-0.2, -0.15) is 0 Å². The van der Waals surface area contributed by atoms with Gasteiger partial charge in [0.1, 0.15) is 0 Å². The Labute approximate surface area is 107 Å². The van der Waals surface area contributed by atoms with E-state index in [-0.39, 0.29) is 0 Å². The van der Waals surface area contributed by atoms with Crippen LogP contribution in [0.25, 0.3) is 0 Å². The summed E-state index contributed by atoms with van der Waals surface area (Å²) in [7, 11) is 0. The maximum absolute atomic E-state index is 8.67. The van der Waals surface area contributed by atoms with Crippen LogP contribution in [0.4, 0.5) is 0 Å². The number of oxime groups is 1. The van der Waals surface area contributed by atoms with E-state index in [0.717, 1.165) is 43.9 Å². The minimum absolute atomic E-state index is 0.909. The summed E-state index contributed by atoms with van der Waals surface area (Å²) in [5.41, 5.74) is 0.942. The van der Waals surface area contributed by atoms with Gasteiger partial charge in [-0.15, -0.1) is 11.8 Å². The fourth-order valence-electron chi connectivity index (χ4n) is 1.94. The van der Waals surface area contributed by atoms with Gasteiger partial charge in [0.15, 0.2) is 0 Å². The van der Waals surface area contributed by atoms with Gasteiger partial charge >= 0.3 is 0 Å². The number of hydrogen-bond acceptors (Lipinski definition) is 4. The molecule has 0 amide bonds. The zero-order valence-electron chi connectivity index (χ0n) is 9.88. The summed E-state index contributed by atoms with van der Waals surface area (Å²) < 4.78 is 0. The zero-order chi connectivity index (χ0) is 11.9. The van der Waals surface area contributed by atoms with E-state index in [1.807, 2.05) is 17.8 Å². The summed E-state index contributed by atoms with van der Waals surface area (Å²) in [6, 6.07) is 10.5. The van der Waals surface area contributed by atoms with E-state index in [2.05, 4.69) is 34.3 Å². The first kappa shape index (κ1) is 12.5. The highest BCUT2D eigenvalue weighted by atomic mass is 32.2. The second kappa shape index (κ2) is 6.67. The van der Waals surface area contributed by atoms with Crippen molar-refractivity contribution in [1.82, 2.24) is 4.90 Å². The molecule has 1 heterocycles. The van der Waals surface area contributed by atoms with Gasteiger partial charge in [0, 0.05) is 43.1 Å². The molecule has 2 rings (SSSR count). The van der Waals surface area contributed by atoms with E-state index in [4.69, 9.17) is 5.21 Å². The van der Waals surface area contributed by atoms with Gasteiger partial charge in [-0.3, -0.25) is 0 Å². The third-order valence-corrected chi connectivity index (χ3v) is 3.99. The van der Waals surface area contributed by atoms with Crippen LogP contribution in [0.5, 0.6) is 0 Å². The predicted octanol–water partition coefficient (Wildman–Crippen LogP) is 2.70. The SMILES string of the molecule is ON=C1CCN(CCSc2ccccc2)CC1. The molecule has 0 aliphatic carbocycles. The van der Waals surface area contributed by atoms with Crippen molar-refractivity contribution >= 4 is 17.5 Å². The summed E-state index contributed by atoms with van der Waals surface area (Å²) in [5, 5.41) is 12.0. The average Bonchev–Trinajstić information content (AvgIpc) is 2.41. The lowest BCUT2D eigenvalue weighted by Gasteiger charge is -2.26. The van der Waals surface area contributed by atoms with Crippen molar-refractivity contribution in [1.29, 1.82) is 0 Å². The Kier molecular flexibility index (Phi) is 4.88. The molecule has 3 nitrogen and oxygen atoms in total. The quantitative estimate of drug-likeness (QED) is 0.507. The molecule has 4 heteroatoms. The lowest BCUT2D eigenvalue weighted by Crippen LogP contribution is -2.35. The molecule has 0 aromatic heterocycles. The Balaban J connectivity index is 1.66. The molecule has 1 saturated heterocycles. The summed E-state index contributed by atoms with van der Waals surface area (Å²) in [4.78, 5) is 3.77. The summed E-state index contributed by atoms with van der Waals surface area (Å²) in [6.45, 7) is 3.15. The van der Waals surface area contributed by atoms with Crippen LogP contribution in [0.15, 0.2) is 40.4 Å². The van der Waals surface area contributed by atoms with Crippen molar-refractivity contribution in [2.45, 2.75) is 17.7 Å². The molecule has 0 saturated carbocycles. The van der Waals surface area contributed by atoms with Gasteiger partial charge in [-0.1, -0.05) is 23.4 Å². The highest BCUT2D eigenvalue weighted by Crippen LogP contribution is 2.17. The molecular weight excluding hydrogens is 232 g/mol. The van der Waals surface area contributed by atoms with Crippen LogP contribution in [-0.4, -0.2) is 41.2 Å². The lowest BCUT2D eigenvalue weighted by molar-refractivity contribution is 0.275. The highest BCUT2D eigenvalue weighted by Gasteiger charge is 2.14. The summed E-state index contributed by atoms with van der Waals surface area (Å²) in [6.07, 6.45) is 1.82. The van der Waals surface area contributed by atoms with Gasteiger partial charge in [0.05, 0.1) is 5.71 Å². The van der Waals surface area contributed by atoms with Crippen LogP contribution in [-0.2, 0) is 0 Å². The Morgan fingerprint density at radius 2 is 1.88 bits per heavy atom. The molecule has 92 valence electrons. The second-order valence-electron chi connectivity index (χ2n) is 4.17. The number of piperidine rings is 1. The van der Waals surface area contributed by atoms with Crippen molar-refractivity contribution < 1.29 is 5.21 Å². The summed E-state index contributed by atoms with van der Waals surface area (Å²) >= 11 is 1.90. The van der Waals surface area contributed by atoms with Crippen molar-refractivity contribution in [2.24, 2.45) is 5.16 Å². The first-order valence-corrected chi connectivity index (χ1v) is 6.97. The fraction of sp³-hybridized carbons (Fsp3) is 0.462. The van der Waals surface area contributed by atoms with E-state index in [9.17, 15) is 0 Å². The van der Waals surface area contributed by atoms with Gasteiger partial charge in [-0.05, 0) is 12.1 Å². The molecular formula is C13H18N2OS. The molecule has 0 radical (unpaired) electrons. The van der Waals surface area contributed by atoms with Gasteiger partial charge in [0.2, 0.25) is 0 Å². The van der Waals surface area contributed by atoms with Crippen LogP contribution in [0.1, 0.15) is 12.8 Å². The fourth-order valence-corrected chi connectivity index (χ4v) is 2.88. The van der Waals surface area contributed by atoms with Gasteiger partial charge in [0.25, 0.3) is 0 Å². The van der Waals surface area contributed by atoms with Crippen molar-refractivity contribution in [3.8, 4) is 0 Å². The lowest BCUT2D eigenvalue weighted by atomic mass is 10.1. The van der Waals surface area contributed by atoms with Crippen molar-refractivity contribution in [3.63, 3.8) is 0 Å². The Hall–Kier alpha value is -1.00. The molecule has 17 heavy (non-hydrogen) atoms. The molecule has 1 aliphatic heterocycles. The second-order valence-corrected chi connectivity index (χ2v) is 5.34. The predicted molar refractivity (Wildman–Crippen MR) is 72.1 cm³/mol. The van der Waals surface area contributed by atoms with Crippen LogP contribution in [0.2, 0.25) is 0 Å².